The van der Waals surface area contributed by atoms with Crippen LogP contribution in [0.1, 0.15) is 29.3 Å². The third-order valence-corrected chi connectivity index (χ3v) is 3.36. The lowest BCUT2D eigenvalue weighted by molar-refractivity contribution is -0.135. The quantitative estimate of drug-likeness (QED) is 0.768. The van der Waals surface area contributed by atoms with Gasteiger partial charge >= 0.3 is 6.18 Å². The first kappa shape index (κ1) is 9.98. The van der Waals surface area contributed by atoms with E-state index in [2.05, 4.69) is 5.32 Å². The van der Waals surface area contributed by atoms with Gasteiger partial charge in [-0.05, 0) is 36.4 Å². The molecule has 0 spiro atoms. The highest BCUT2D eigenvalue weighted by Crippen LogP contribution is 2.40. The highest BCUT2D eigenvalue weighted by Gasteiger charge is 2.37. The fraction of sp³-hybridized carbons (Fsp3) is 0.556. The maximum absolute atomic E-state index is 12.5. The zero-order chi connectivity index (χ0) is 10.2. The van der Waals surface area contributed by atoms with Crippen LogP contribution in [-0.4, -0.2) is 6.54 Å². The Morgan fingerprint density at radius 1 is 1.43 bits per heavy atom. The largest absolute Gasteiger partial charge is 0.425 e. The number of halogens is 3. The van der Waals surface area contributed by atoms with Crippen molar-refractivity contribution in [2.45, 2.75) is 25.1 Å². The molecule has 0 bridgehead atoms. The first-order valence-electron chi connectivity index (χ1n) is 4.47. The molecule has 1 atom stereocenters. The average molecular weight is 221 g/mol. The highest BCUT2D eigenvalue weighted by molar-refractivity contribution is 7.10. The number of nitrogens with one attached hydrogen (secondary N) is 1. The molecular formula is C9H10F3NS. The van der Waals surface area contributed by atoms with Crippen molar-refractivity contribution in [3.63, 3.8) is 0 Å². The van der Waals surface area contributed by atoms with Crippen LogP contribution in [-0.2, 0) is 6.18 Å². The van der Waals surface area contributed by atoms with Gasteiger partial charge in [-0.25, -0.2) is 0 Å². The molecule has 0 aliphatic carbocycles. The molecule has 5 heteroatoms. The summed E-state index contributed by atoms with van der Waals surface area (Å²) < 4.78 is 37.6. The van der Waals surface area contributed by atoms with Crippen molar-refractivity contribution in [2.24, 2.45) is 0 Å². The molecule has 0 radical (unpaired) electrons. The summed E-state index contributed by atoms with van der Waals surface area (Å²) in [6.07, 6.45) is -2.44. The van der Waals surface area contributed by atoms with Gasteiger partial charge in [0.1, 0.15) is 4.88 Å². The second-order valence-corrected chi connectivity index (χ2v) is 4.27. The summed E-state index contributed by atoms with van der Waals surface area (Å²) in [7, 11) is 0. The molecule has 1 N–H and O–H groups in total. The minimum absolute atomic E-state index is 0.0992. The van der Waals surface area contributed by atoms with E-state index in [0.29, 0.717) is 5.56 Å². The van der Waals surface area contributed by atoms with E-state index in [1.54, 1.807) is 6.07 Å². The van der Waals surface area contributed by atoms with Crippen molar-refractivity contribution in [1.82, 2.24) is 5.32 Å². The van der Waals surface area contributed by atoms with E-state index in [4.69, 9.17) is 0 Å². The van der Waals surface area contributed by atoms with Gasteiger partial charge in [-0.3, -0.25) is 0 Å². The Morgan fingerprint density at radius 2 is 2.21 bits per heavy atom. The van der Waals surface area contributed by atoms with Gasteiger partial charge in [-0.1, -0.05) is 0 Å². The third kappa shape index (κ3) is 1.79. The number of alkyl halides is 3. The fourth-order valence-electron chi connectivity index (χ4n) is 1.77. The Morgan fingerprint density at radius 3 is 2.79 bits per heavy atom. The van der Waals surface area contributed by atoms with Crippen LogP contribution in [0, 0.1) is 0 Å². The lowest BCUT2D eigenvalue weighted by atomic mass is 10.1. The SMILES string of the molecule is FC(F)(F)c1sccc1[C@H]1CCCN1. The molecule has 0 amide bonds. The van der Waals surface area contributed by atoms with Gasteiger partial charge < -0.3 is 5.32 Å². The summed E-state index contributed by atoms with van der Waals surface area (Å²) in [5.74, 6) is 0. The van der Waals surface area contributed by atoms with Crippen LogP contribution >= 0.6 is 11.3 Å². The minimum atomic E-state index is -4.20. The van der Waals surface area contributed by atoms with E-state index in [0.717, 1.165) is 30.7 Å². The van der Waals surface area contributed by atoms with Gasteiger partial charge in [0.05, 0.1) is 0 Å². The van der Waals surface area contributed by atoms with Gasteiger partial charge in [0.2, 0.25) is 0 Å². The summed E-state index contributed by atoms with van der Waals surface area (Å²) in [5, 5.41) is 4.59. The lowest BCUT2D eigenvalue weighted by Gasteiger charge is -2.13. The summed E-state index contributed by atoms with van der Waals surface area (Å²) >= 11 is 0.778. The van der Waals surface area contributed by atoms with Crippen LogP contribution in [0.3, 0.4) is 0 Å². The molecule has 1 aromatic heterocycles. The van der Waals surface area contributed by atoms with Crippen molar-refractivity contribution in [3.8, 4) is 0 Å². The number of thiophene rings is 1. The Hall–Kier alpha value is -0.550. The molecular weight excluding hydrogens is 211 g/mol. The zero-order valence-corrected chi connectivity index (χ0v) is 8.21. The molecule has 1 aliphatic heterocycles. The Kier molecular flexibility index (Phi) is 2.53. The Balaban J connectivity index is 2.29. The second kappa shape index (κ2) is 3.55. The Labute approximate surface area is 83.9 Å². The lowest BCUT2D eigenvalue weighted by Crippen LogP contribution is -2.16. The Bertz CT molecular complexity index is 312. The molecule has 1 aliphatic rings. The summed E-state index contributed by atoms with van der Waals surface area (Å²) in [4.78, 5) is -0.447. The van der Waals surface area contributed by atoms with Gasteiger partial charge in [0.25, 0.3) is 0 Å². The topological polar surface area (TPSA) is 12.0 Å². The van der Waals surface area contributed by atoms with Crippen LogP contribution in [0.5, 0.6) is 0 Å². The van der Waals surface area contributed by atoms with Crippen molar-refractivity contribution in [2.75, 3.05) is 6.54 Å². The highest BCUT2D eigenvalue weighted by atomic mass is 32.1. The first-order chi connectivity index (χ1) is 6.59. The van der Waals surface area contributed by atoms with Crippen molar-refractivity contribution in [3.05, 3.63) is 21.9 Å². The standard InChI is InChI=1S/C9H10F3NS/c10-9(11,12)8-6(3-5-14-8)7-2-1-4-13-7/h3,5,7,13H,1-2,4H2/t7-/m1/s1. The molecule has 1 aromatic rings. The molecule has 0 unspecified atom stereocenters. The zero-order valence-electron chi connectivity index (χ0n) is 7.40. The molecule has 1 saturated heterocycles. The summed E-state index contributed by atoms with van der Waals surface area (Å²) in [6.45, 7) is 0.817. The molecule has 14 heavy (non-hydrogen) atoms. The van der Waals surface area contributed by atoms with Crippen LogP contribution in [0.25, 0.3) is 0 Å². The van der Waals surface area contributed by atoms with Gasteiger partial charge in [-0.15, -0.1) is 11.3 Å². The molecule has 1 nitrogen and oxygen atoms in total. The maximum atomic E-state index is 12.5. The third-order valence-electron chi connectivity index (χ3n) is 2.39. The van der Waals surface area contributed by atoms with Gasteiger partial charge in [0, 0.05) is 6.04 Å². The van der Waals surface area contributed by atoms with Crippen LogP contribution in [0.2, 0.25) is 0 Å². The predicted octanol–water partition coefficient (Wildman–Crippen LogP) is 3.19. The molecule has 1 fully saturated rings. The van der Waals surface area contributed by atoms with E-state index < -0.39 is 11.1 Å². The summed E-state index contributed by atoms with van der Waals surface area (Å²) in [5.41, 5.74) is 0.417. The fourth-order valence-corrected chi connectivity index (χ4v) is 2.60. The minimum Gasteiger partial charge on any atom is -0.310 e. The number of rotatable bonds is 1. The molecule has 78 valence electrons. The monoisotopic (exact) mass is 221 g/mol. The molecule has 0 saturated carbocycles. The van der Waals surface area contributed by atoms with E-state index in [9.17, 15) is 13.2 Å². The van der Waals surface area contributed by atoms with Gasteiger partial charge in [0.15, 0.2) is 0 Å². The van der Waals surface area contributed by atoms with Crippen molar-refractivity contribution < 1.29 is 13.2 Å². The first-order valence-corrected chi connectivity index (χ1v) is 5.35. The van der Waals surface area contributed by atoms with Crippen LogP contribution in [0.15, 0.2) is 11.4 Å². The van der Waals surface area contributed by atoms with Crippen molar-refractivity contribution in [1.29, 1.82) is 0 Å². The smallest absolute Gasteiger partial charge is 0.310 e. The van der Waals surface area contributed by atoms with Gasteiger partial charge in [-0.2, -0.15) is 13.2 Å². The van der Waals surface area contributed by atoms with E-state index in [1.807, 2.05) is 0 Å². The molecule has 2 heterocycles. The average Bonchev–Trinajstić information content (AvgIpc) is 2.73. The second-order valence-electron chi connectivity index (χ2n) is 3.35. The summed E-state index contributed by atoms with van der Waals surface area (Å²) in [6, 6.07) is 1.48. The maximum Gasteiger partial charge on any atom is 0.425 e. The van der Waals surface area contributed by atoms with E-state index in [-0.39, 0.29) is 6.04 Å². The van der Waals surface area contributed by atoms with E-state index >= 15 is 0 Å². The molecule has 0 aromatic carbocycles. The number of hydrogen-bond acceptors (Lipinski definition) is 2. The number of hydrogen-bond donors (Lipinski definition) is 1. The van der Waals surface area contributed by atoms with Crippen LogP contribution in [0.4, 0.5) is 13.2 Å². The molecule has 2 rings (SSSR count). The van der Waals surface area contributed by atoms with Crippen LogP contribution < -0.4 is 5.32 Å². The predicted molar refractivity (Wildman–Crippen MR) is 49.3 cm³/mol. The van der Waals surface area contributed by atoms with E-state index in [1.165, 1.54) is 5.38 Å². The normalized spacial score (nSPS) is 22.9. The van der Waals surface area contributed by atoms with Crippen molar-refractivity contribution >= 4 is 11.3 Å².